The SMILES string of the molecule is c1ccc(CN2CC3CCCCC3(Cc3ccccc3)C2)cc1. The van der Waals surface area contributed by atoms with E-state index in [0.717, 1.165) is 12.5 Å². The molecule has 0 aromatic heterocycles. The first-order valence-electron chi connectivity index (χ1n) is 9.14. The summed E-state index contributed by atoms with van der Waals surface area (Å²) >= 11 is 0. The summed E-state index contributed by atoms with van der Waals surface area (Å²) in [4.78, 5) is 2.72. The third-order valence-corrected chi connectivity index (χ3v) is 6.01. The van der Waals surface area contributed by atoms with Crippen LogP contribution in [0.5, 0.6) is 0 Å². The van der Waals surface area contributed by atoms with Gasteiger partial charge >= 0.3 is 0 Å². The third kappa shape index (κ3) is 3.21. The van der Waals surface area contributed by atoms with Crippen molar-refractivity contribution in [2.45, 2.75) is 38.6 Å². The minimum absolute atomic E-state index is 0.522. The fourth-order valence-corrected chi connectivity index (χ4v) is 4.95. The second kappa shape index (κ2) is 6.49. The summed E-state index contributed by atoms with van der Waals surface area (Å²) in [6, 6.07) is 22.1. The lowest BCUT2D eigenvalue weighted by Crippen LogP contribution is -2.35. The summed E-state index contributed by atoms with van der Waals surface area (Å²) in [5.74, 6) is 0.889. The van der Waals surface area contributed by atoms with E-state index in [1.165, 1.54) is 56.3 Å². The van der Waals surface area contributed by atoms with Gasteiger partial charge in [-0.25, -0.2) is 0 Å². The highest BCUT2D eigenvalue weighted by molar-refractivity contribution is 5.19. The summed E-state index contributed by atoms with van der Waals surface area (Å²) < 4.78 is 0. The lowest BCUT2D eigenvalue weighted by molar-refractivity contribution is 0.144. The van der Waals surface area contributed by atoms with Crippen LogP contribution in [-0.2, 0) is 13.0 Å². The zero-order valence-electron chi connectivity index (χ0n) is 14.0. The third-order valence-electron chi connectivity index (χ3n) is 6.01. The van der Waals surface area contributed by atoms with Crippen LogP contribution in [0.25, 0.3) is 0 Å². The maximum absolute atomic E-state index is 2.72. The minimum Gasteiger partial charge on any atom is -0.298 e. The average Bonchev–Trinajstić information content (AvgIpc) is 2.94. The molecule has 0 spiro atoms. The van der Waals surface area contributed by atoms with Crippen LogP contribution in [0, 0.1) is 11.3 Å². The van der Waals surface area contributed by atoms with Gasteiger partial charge in [0.25, 0.3) is 0 Å². The Morgan fingerprint density at radius 3 is 2.30 bits per heavy atom. The van der Waals surface area contributed by atoms with Gasteiger partial charge < -0.3 is 0 Å². The van der Waals surface area contributed by atoms with E-state index in [4.69, 9.17) is 0 Å². The molecular formula is C22H27N. The van der Waals surface area contributed by atoms with Gasteiger partial charge in [-0.2, -0.15) is 0 Å². The smallest absolute Gasteiger partial charge is 0.0234 e. The molecule has 0 amide bonds. The second-order valence-electron chi connectivity index (χ2n) is 7.62. The highest BCUT2D eigenvalue weighted by Crippen LogP contribution is 2.49. The van der Waals surface area contributed by atoms with Crippen LogP contribution >= 0.6 is 0 Å². The molecule has 1 saturated heterocycles. The Bertz CT molecular complexity index is 621. The van der Waals surface area contributed by atoms with Crippen LogP contribution < -0.4 is 0 Å². The van der Waals surface area contributed by atoms with Crippen molar-refractivity contribution in [3.63, 3.8) is 0 Å². The van der Waals surface area contributed by atoms with Crippen molar-refractivity contribution in [2.75, 3.05) is 13.1 Å². The summed E-state index contributed by atoms with van der Waals surface area (Å²) in [7, 11) is 0. The van der Waals surface area contributed by atoms with Gasteiger partial charge in [-0.1, -0.05) is 73.5 Å². The van der Waals surface area contributed by atoms with Crippen molar-refractivity contribution in [3.05, 3.63) is 71.8 Å². The highest BCUT2D eigenvalue weighted by atomic mass is 15.2. The van der Waals surface area contributed by atoms with E-state index in [0.29, 0.717) is 5.41 Å². The molecular weight excluding hydrogens is 278 g/mol. The van der Waals surface area contributed by atoms with Gasteiger partial charge in [0, 0.05) is 19.6 Å². The van der Waals surface area contributed by atoms with Crippen LogP contribution in [0.3, 0.4) is 0 Å². The van der Waals surface area contributed by atoms with Crippen molar-refractivity contribution in [2.24, 2.45) is 11.3 Å². The Morgan fingerprint density at radius 2 is 1.57 bits per heavy atom. The number of rotatable bonds is 4. The summed E-state index contributed by atoms with van der Waals surface area (Å²) in [6.45, 7) is 3.69. The van der Waals surface area contributed by atoms with E-state index in [1.54, 1.807) is 0 Å². The highest BCUT2D eigenvalue weighted by Gasteiger charge is 2.47. The van der Waals surface area contributed by atoms with Gasteiger partial charge in [0.1, 0.15) is 0 Å². The molecule has 1 heteroatoms. The van der Waals surface area contributed by atoms with Crippen LogP contribution in [0.2, 0.25) is 0 Å². The van der Waals surface area contributed by atoms with Crippen LogP contribution in [-0.4, -0.2) is 18.0 Å². The zero-order chi connectivity index (χ0) is 15.5. The second-order valence-corrected chi connectivity index (χ2v) is 7.62. The molecule has 2 atom stereocenters. The quantitative estimate of drug-likeness (QED) is 0.775. The molecule has 2 aliphatic rings. The van der Waals surface area contributed by atoms with E-state index < -0.39 is 0 Å². The van der Waals surface area contributed by atoms with Gasteiger partial charge in [-0.05, 0) is 41.7 Å². The first-order valence-corrected chi connectivity index (χ1v) is 9.14. The summed E-state index contributed by atoms with van der Waals surface area (Å²) in [6.07, 6.45) is 6.96. The van der Waals surface area contributed by atoms with E-state index in [-0.39, 0.29) is 0 Å². The Kier molecular flexibility index (Phi) is 4.22. The fraction of sp³-hybridized carbons (Fsp3) is 0.455. The molecule has 2 unspecified atom stereocenters. The Labute approximate surface area is 140 Å². The van der Waals surface area contributed by atoms with Crippen molar-refractivity contribution in [1.29, 1.82) is 0 Å². The number of hydrogen-bond acceptors (Lipinski definition) is 1. The van der Waals surface area contributed by atoms with Crippen LogP contribution in [0.4, 0.5) is 0 Å². The first kappa shape index (κ1) is 15.0. The molecule has 1 aliphatic carbocycles. The van der Waals surface area contributed by atoms with Crippen molar-refractivity contribution in [3.8, 4) is 0 Å². The molecule has 0 radical (unpaired) electrons. The Hall–Kier alpha value is -1.60. The summed E-state index contributed by atoms with van der Waals surface area (Å²) in [5, 5.41) is 0. The number of nitrogens with zero attached hydrogens (tertiary/aromatic N) is 1. The molecule has 2 aromatic carbocycles. The molecule has 4 rings (SSSR count). The topological polar surface area (TPSA) is 3.24 Å². The first-order chi connectivity index (χ1) is 11.3. The number of hydrogen-bond donors (Lipinski definition) is 0. The predicted molar refractivity (Wildman–Crippen MR) is 96.3 cm³/mol. The van der Waals surface area contributed by atoms with Crippen molar-refractivity contribution >= 4 is 0 Å². The molecule has 120 valence electrons. The minimum atomic E-state index is 0.522. The number of benzene rings is 2. The van der Waals surface area contributed by atoms with Crippen LogP contribution in [0.1, 0.15) is 36.8 Å². The van der Waals surface area contributed by atoms with Crippen molar-refractivity contribution in [1.82, 2.24) is 4.90 Å². The standard InChI is InChI=1S/C22H27N/c1-3-9-19(10-4-1)15-22-14-8-7-13-21(22)17-23(18-22)16-20-11-5-2-6-12-20/h1-6,9-12,21H,7-8,13-18H2. The summed E-state index contributed by atoms with van der Waals surface area (Å²) in [5.41, 5.74) is 3.51. The van der Waals surface area contributed by atoms with E-state index in [1.807, 2.05) is 0 Å². The molecule has 1 saturated carbocycles. The van der Waals surface area contributed by atoms with E-state index in [9.17, 15) is 0 Å². The predicted octanol–water partition coefficient (Wildman–Crippen LogP) is 4.92. The molecule has 2 fully saturated rings. The van der Waals surface area contributed by atoms with Gasteiger partial charge in [0.2, 0.25) is 0 Å². The lowest BCUT2D eigenvalue weighted by Gasteiger charge is -2.39. The molecule has 0 bridgehead atoms. The number of likely N-dealkylation sites (tertiary alicyclic amines) is 1. The average molecular weight is 305 g/mol. The van der Waals surface area contributed by atoms with Gasteiger partial charge in [0.05, 0.1) is 0 Å². The number of fused-ring (bicyclic) bond motifs is 1. The maximum Gasteiger partial charge on any atom is 0.0234 e. The molecule has 0 N–H and O–H groups in total. The zero-order valence-corrected chi connectivity index (χ0v) is 14.0. The molecule has 1 nitrogen and oxygen atoms in total. The van der Waals surface area contributed by atoms with E-state index in [2.05, 4.69) is 65.6 Å². The molecule has 23 heavy (non-hydrogen) atoms. The lowest BCUT2D eigenvalue weighted by atomic mass is 9.65. The van der Waals surface area contributed by atoms with Crippen molar-refractivity contribution < 1.29 is 0 Å². The Morgan fingerprint density at radius 1 is 0.870 bits per heavy atom. The largest absolute Gasteiger partial charge is 0.298 e. The maximum atomic E-state index is 2.72. The van der Waals surface area contributed by atoms with Gasteiger partial charge in [-0.3, -0.25) is 4.90 Å². The van der Waals surface area contributed by atoms with Gasteiger partial charge in [-0.15, -0.1) is 0 Å². The van der Waals surface area contributed by atoms with E-state index >= 15 is 0 Å². The Balaban J connectivity index is 1.52. The fourth-order valence-electron chi connectivity index (χ4n) is 4.95. The molecule has 1 heterocycles. The monoisotopic (exact) mass is 305 g/mol. The normalized spacial score (nSPS) is 27.7. The molecule has 2 aromatic rings. The molecule has 1 aliphatic heterocycles. The van der Waals surface area contributed by atoms with Crippen LogP contribution in [0.15, 0.2) is 60.7 Å². The van der Waals surface area contributed by atoms with Gasteiger partial charge in [0.15, 0.2) is 0 Å².